The summed E-state index contributed by atoms with van der Waals surface area (Å²) in [5, 5.41) is 13.8. The predicted octanol–water partition coefficient (Wildman–Crippen LogP) is 0.302. The number of amides is 2. The minimum absolute atomic E-state index is 0.0372. The van der Waals surface area contributed by atoms with Crippen LogP contribution in [0.2, 0.25) is 5.02 Å². The second-order valence-corrected chi connectivity index (χ2v) is 7.58. The van der Waals surface area contributed by atoms with Gasteiger partial charge in [-0.1, -0.05) is 11.6 Å². The van der Waals surface area contributed by atoms with Gasteiger partial charge in [0.2, 0.25) is 10.0 Å². The first-order valence-electron chi connectivity index (χ1n) is 7.10. The molecule has 8 nitrogen and oxygen atoms in total. The van der Waals surface area contributed by atoms with E-state index < -0.39 is 21.8 Å². The van der Waals surface area contributed by atoms with E-state index in [0.29, 0.717) is 13.0 Å². The Bertz CT molecular complexity index is 803. The van der Waals surface area contributed by atoms with Gasteiger partial charge in [0.25, 0.3) is 0 Å². The summed E-state index contributed by atoms with van der Waals surface area (Å²) in [6, 6.07) is 6.12. The van der Waals surface area contributed by atoms with Gasteiger partial charge in [0.05, 0.1) is 16.3 Å². The fraction of sp³-hybridized carbons (Fsp3) is 0.357. The number of hydrogen-bond donors (Lipinski definition) is 2. The van der Waals surface area contributed by atoms with Crippen molar-refractivity contribution >= 4 is 39.1 Å². The van der Waals surface area contributed by atoms with Crippen molar-refractivity contribution in [1.29, 1.82) is 5.26 Å². The maximum Gasteiger partial charge on any atom is 0.313 e. The van der Waals surface area contributed by atoms with E-state index in [-0.39, 0.29) is 35.1 Å². The van der Waals surface area contributed by atoms with Crippen LogP contribution in [0.4, 0.5) is 5.69 Å². The third-order valence-corrected chi connectivity index (χ3v) is 5.69. The molecule has 0 aromatic heterocycles. The van der Waals surface area contributed by atoms with Crippen LogP contribution in [0.5, 0.6) is 0 Å². The molecule has 1 saturated heterocycles. The van der Waals surface area contributed by atoms with Crippen molar-refractivity contribution in [3.8, 4) is 6.07 Å². The molecule has 1 aromatic carbocycles. The van der Waals surface area contributed by atoms with Crippen LogP contribution in [-0.2, 0) is 19.6 Å². The Balaban J connectivity index is 1.84. The number of rotatable bonds is 4. The van der Waals surface area contributed by atoms with E-state index >= 15 is 0 Å². The Hall–Kier alpha value is -2.15. The lowest BCUT2D eigenvalue weighted by molar-refractivity contribution is -0.136. The van der Waals surface area contributed by atoms with E-state index in [0.717, 1.165) is 0 Å². The van der Waals surface area contributed by atoms with Crippen LogP contribution >= 0.6 is 11.6 Å². The fourth-order valence-corrected chi connectivity index (χ4v) is 3.88. The Kier molecular flexibility index (Phi) is 5.77. The van der Waals surface area contributed by atoms with E-state index in [1.807, 2.05) is 6.07 Å². The van der Waals surface area contributed by atoms with Gasteiger partial charge in [0, 0.05) is 25.3 Å². The van der Waals surface area contributed by atoms with Gasteiger partial charge in [0.15, 0.2) is 0 Å². The molecule has 0 unspecified atom stereocenters. The second-order valence-electron chi connectivity index (χ2n) is 5.09. The zero-order chi connectivity index (χ0) is 17.7. The van der Waals surface area contributed by atoms with Crippen molar-refractivity contribution in [2.75, 3.05) is 30.7 Å². The molecule has 2 N–H and O–H groups in total. The van der Waals surface area contributed by atoms with Gasteiger partial charge in [-0.05, 0) is 24.6 Å². The number of sulfonamides is 1. The van der Waals surface area contributed by atoms with E-state index in [4.69, 9.17) is 16.9 Å². The van der Waals surface area contributed by atoms with Gasteiger partial charge in [-0.2, -0.15) is 5.26 Å². The molecule has 0 radical (unpaired) electrons. The average Bonchev–Trinajstić information content (AvgIpc) is 2.87. The smallest absolute Gasteiger partial charge is 0.313 e. The summed E-state index contributed by atoms with van der Waals surface area (Å²) >= 11 is 5.78. The molecule has 0 atom stereocenters. The van der Waals surface area contributed by atoms with Gasteiger partial charge in [-0.15, -0.1) is 0 Å². The summed E-state index contributed by atoms with van der Waals surface area (Å²) in [6.45, 7) is 0.586. The molecule has 0 aliphatic carbocycles. The number of nitriles is 1. The summed E-state index contributed by atoms with van der Waals surface area (Å²) in [7, 11) is -3.23. The third-order valence-electron chi connectivity index (χ3n) is 3.40. The largest absolute Gasteiger partial charge is 0.347 e. The fourth-order valence-electron chi connectivity index (χ4n) is 2.19. The van der Waals surface area contributed by atoms with Crippen LogP contribution < -0.4 is 10.6 Å². The van der Waals surface area contributed by atoms with Crippen molar-refractivity contribution in [2.45, 2.75) is 6.42 Å². The summed E-state index contributed by atoms with van der Waals surface area (Å²) in [4.78, 5) is 23.5. The number of carbonyl (C=O) groups is 2. The molecule has 1 aliphatic heterocycles. The van der Waals surface area contributed by atoms with Crippen LogP contribution in [0.1, 0.15) is 12.0 Å². The molecule has 1 aromatic rings. The zero-order valence-corrected chi connectivity index (χ0v) is 14.2. The van der Waals surface area contributed by atoms with Gasteiger partial charge in [0.1, 0.15) is 6.07 Å². The molecule has 2 rings (SSSR count). The van der Waals surface area contributed by atoms with Gasteiger partial charge >= 0.3 is 11.8 Å². The Morgan fingerprint density at radius 3 is 2.71 bits per heavy atom. The third kappa shape index (κ3) is 4.44. The molecule has 0 saturated carbocycles. The van der Waals surface area contributed by atoms with E-state index in [9.17, 15) is 18.0 Å². The second kappa shape index (κ2) is 7.61. The maximum atomic E-state index is 11.8. The minimum Gasteiger partial charge on any atom is -0.347 e. The lowest BCUT2D eigenvalue weighted by Crippen LogP contribution is -2.40. The van der Waals surface area contributed by atoms with Crippen LogP contribution in [0.3, 0.4) is 0 Å². The Morgan fingerprint density at radius 2 is 2.08 bits per heavy atom. The number of nitrogens with one attached hydrogen (secondary N) is 2. The van der Waals surface area contributed by atoms with Gasteiger partial charge in [-0.25, -0.2) is 12.7 Å². The van der Waals surface area contributed by atoms with Crippen molar-refractivity contribution in [2.24, 2.45) is 0 Å². The standard InChI is InChI=1S/C14H15ClN4O4S/c15-12-3-2-11(8-10(12)9-16)18-14(21)13(20)17-4-6-19-5-1-7-24(19,22)23/h2-3,8H,1,4-7H2,(H,17,20)(H,18,21). The number of hydrogen-bond acceptors (Lipinski definition) is 5. The first kappa shape index (κ1) is 18.2. The van der Waals surface area contributed by atoms with E-state index in [2.05, 4.69) is 10.6 Å². The summed E-state index contributed by atoms with van der Waals surface area (Å²) in [5.74, 6) is -1.69. The van der Waals surface area contributed by atoms with Gasteiger partial charge in [-0.3, -0.25) is 9.59 Å². The molecule has 1 fully saturated rings. The topological polar surface area (TPSA) is 119 Å². The van der Waals surface area contributed by atoms with Crippen LogP contribution in [-0.4, -0.2) is 49.9 Å². The molecule has 24 heavy (non-hydrogen) atoms. The zero-order valence-electron chi connectivity index (χ0n) is 12.6. The summed E-state index contributed by atoms with van der Waals surface area (Å²) in [6.07, 6.45) is 0.564. The number of benzene rings is 1. The first-order valence-corrected chi connectivity index (χ1v) is 9.09. The molecule has 1 aliphatic rings. The highest BCUT2D eigenvalue weighted by Crippen LogP contribution is 2.19. The van der Waals surface area contributed by atoms with Crippen molar-refractivity contribution in [1.82, 2.24) is 9.62 Å². The quantitative estimate of drug-likeness (QED) is 0.739. The highest BCUT2D eigenvalue weighted by molar-refractivity contribution is 7.89. The van der Waals surface area contributed by atoms with Gasteiger partial charge < -0.3 is 10.6 Å². The minimum atomic E-state index is -3.23. The first-order chi connectivity index (χ1) is 11.3. The average molecular weight is 371 g/mol. The lowest BCUT2D eigenvalue weighted by Gasteiger charge is -2.14. The highest BCUT2D eigenvalue weighted by Gasteiger charge is 2.27. The number of anilines is 1. The van der Waals surface area contributed by atoms with Crippen molar-refractivity contribution in [3.05, 3.63) is 28.8 Å². The molecule has 1 heterocycles. The summed E-state index contributed by atoms with van der Waals surface area (Å²) in [5.41, 5.74) is 0.437. The molecule has 2 amide bonds. The summed E-state index contributed by atoms with van der Waals surface area (Å²) < 4.78 is 24.5. The Morgan fingerprint density at radius 1 is 1.33 bits per heavy atom. The monoisotopic (exact) mass is 370 g/mol. The Labute approximate surface area is 144 Å². The van der Waals surface area contributed by atoms with Crippen molar-refractivity contribution in [3.63, 3.8) is 0 Å². The molecule has 0 bridgehead atoms. The molecule has 128 valence electrons. The van der Waals surface area contributed by atoms with Crippen LogP contribution in [0.15, 0.2) is 18.2 Å². The molecule has 0 spiro atoms. The maximum absolute atomic E-state index is 11.8. The van der Waals surface area contributed by atoms with Crippen molar-refractivity contribution < 1.29 is 18.0 Å². The van der Waals surface area contributed by atoms with E-state index in [1.165, 1.54) is 22.5 Å². The predicted molar refractivity (Wildman–Crippen MR) is 87.8 cm³/mol. The number of halogens is 1. The molecular formula is C14H15ClN4O4S. The van der Waals surface area contributed by atoms with Crippen LogP contribution in [0, 0.1) is 11.3 Å². The number of carbonyl (C=O) groups excluding carboxylic acids is 2. The molecular weight excluding hydrogens is 356 g/mol. The SMILES string of the molecule is N#Cc1cc(NC(=O)C(=O)NCCN2CCCS2(=O)=O)ccc1Cl. The highest BCUT2D eigenvalue weighted by atomic mass is 35.5. The van der Waals surface area contributed by atoms with Crippen LogP contribution in [0.25, 0.3) is 0 Å². The normalized spacial score (nSPS) is 16.3. The molecule has 10 heteroatoms. The number of nitrogens with zero attached hydrogens (tertiary/aromatic N) is 2. The lowest BCUT2D eigenvalue weighted by atomic mass is 10.2. The van der Waals surface area contributed by atoms with E-state index in [1.54, 1.807) is 0 Å².